The minimum Gasteiger partial charge on any atom is -0.497 e. The number of methoxy groups -OCH3 is 2. The first-order valence-electron chi connectivity index (χ1n) is 8.91. The highest BCUT2D eigenvalue weighted by atomic mass is 19.4. The number of nitrogens with zero attached hydrogens (tertiary/aromatic N) is 1. The Morgan fingerprint density at radius 2 is 1.73 bits per heavy atom. The van der Waals surface area contributed by atoms with Crippen molar-refractivity contribution < 1.29 is 37.0 Å². The first-order valence-corrected chi connectivity index (χ1v) is 8.91. The number of ether oxygens (including phenoxy) is 3. The minimum absolute atomic E-state index is 0.188. The molecule has 0 bridgehead atoms. The summed E-state index contributed by atoms with van der Waals surface area (Å²) < 4.78 is 51.5. The van der Waals surface area contributed by atoms with Gasteiger partial charge in [-0.3, -0.25) is 9.59 Å². The third kappa shape index (κ3) is 4.94. The maximum Gasteiger partial charge on any atom is 0.573 e. The molecule has 2 amide bonds. The first kappa shape index (κ1) is 21.3. The van der Waals surface area contributed by atoms with E-state index in [-0.39, 0.29) is 18.7 Å². The number of halogens is 3. The predicted molar refractivity (Wildman–Crippen MR) is 102 cm³/mol. The van der Waals surface area contributed by atoms with Crippen LogP contribution < -0.4 is 24.4 Å². The lowest BCUT2D eigenvalue weighted by Crippen LogP contribution is -2.33. The van der Waals surface area contributed by atoms with Crippen LogP contribution in [0.15, 0.2) is 42.5 Å². The average molecular weight is 424 g/mol. The van der Waals surface area contributed by atoms with E-state index >= 15 is 0 Å². The van der Waals surface area contributed by atoms with Gasteiger partial charge in [-0.25, -0.2) is 0 Å². The molecule has 1 N–H and O–H groups in total. The highest BCUT2D eigenvalue weighted by Crippen LogP contribution is 2.32. The molecule has 2 aromatic rings. The molecule has 2 aromatic carbocycles. The summed E-state index contributed by atoms with van der Waals surface area (Å²) in [5.41, 5.74) is 0.614. The standard InChI is InChI=1S/C20H19F3N2O5/c1-28-15-8-12(9-16(11-15)29-2)24-18(26)17-6-7-25(19(17)27)13-4-3-5-14(10-13)30-20(21,22)23/h3-5,8-11,17H,6-7H2,1-2H3,(H,24,26)/t17-/m1/s1. The van der Waals surface area contributed by atoms with E-state index in [1.807, 2.05) is 0 Å². The number of hydrogen-bond acceptors (Lipinski definition) is 5. The van der Waals surface area contributed by atoms with Crippen LogP contribution >= 0.6 is 0 Å². The lowest BCUT2D eigenvalue weighted by Gasteiger charge is -2.18. The van der Waals surface area contributed by atoms with Crippen molar-refractivity contribution >= 4 is 23.2 Å². The van der Waals surface area contributed by atoms with Gasteiger partial charge in [-0.2, -0.15) is 0 Å². The van der Waals surface area contributed by atoms with Crippen LogP contribution in [0.25, 0.3) is 0 Å². The Bertz CT molecular complexity index is 926. The number of alkyl halides is 3. The molecule has 3 rings (SSSR count). The molecule has 0 spiro atoms. The van der Waals surface area contributed by atoms with Crippen molar-refractivity contribution in [1.82, 2.24) is 0 Å². The van der Waals surface area contributed by atoms with Gasteiger partial charge in [0.2, 0.25) is 11.8 Å². The van der Waals surface area contributed by atoms with Crippen LogP contribution in [0.1, 0.15) is 6.42 Å². The zero-order chi connectivity index (χ0) is 21.9. The smallest absolute Gasteiger partial charge is 0.497 e. The molecule has 1 fully saturated rings. The number of benzene rings is 2. The molecule has 7 nitrogen and oxygen atoms in total. The van der Waals surface area contributed by atoms with Crippen LogP contribution in [0.3, 0.4) is 0 Å². The van der Waals surface area contributed by atoms with Gasteiger partial charge < -0.3 is 24.4 Å². The van der Waals surface area contributed by atoms with Crippen molar-refractivity contribution in [3.63, 3.8) is 0 Å². The molecule has 0 aliphatic carbocycles. The van der Waals surface area contributed by atoms with Gasteiger partial charge in [0, 0.05) is 42.2 Å². The Morgan fingerprint density at radius 1 is 1.07 bits per heavy atom. The van der Waals surface area contributed by atoms with Gasteiger partial charge in [0.25, 0.3) is 0 Å². The third-order valence-electron chi connectivity index (χ3n) is 4.50. The van der Waals surface area contributed by atoms with E-state index < -0.39 is 29.8 Å². The normalized spacial score (nSPS) is 16.4. The van der Waals surface area contributed by atoms with Crippen molar-refractivity contribution in [2.75, 3.05) is 31.0 Å². The lowest BCUT2D eigenvalue weighted by molar-refractivity contribution is -0.274. The Labute approximate surface area is 170 Å². The summed E-state index contributed by atoms with van der Waals surface area (Å²) in [4.78, 5) is 26.6. The van der Waals surface area contributed by atoms with Crippen molar-refractivity contribution in [2.45, 2.75) is 12.8 Å². The maximum absolute atomic E-state index is 12.7. The first-order chi connectivity index (χ1) is 14.2. The Kier molecular flexibility index (Phi) is 6.04. The largest absolute Gasteiger partial charge is 0.573 e. The van der Waals surface area contributed by atoms with Gasteiger partial charge in [-0.15, -0.1) is 13.2 Å². The van der Waals surface area contributed by atoms with Gasteiger partial charge >= 0.3 is 6.36 Å². The summed E-state index contributed by atoms with van der Waals surface area (Å²) in [6.45, 7) is 0.188. The number of carbonyl (C=O) groups is 2. The second-order valence-electron chi connectivity index (χ2n) is 6.47. The molecule has 0 aromatic heterocycles. The number of rotatable bonds is 6. The summed E-state index contributed by atoms with van der Waals surface area (Å²) in [6, 6.07) is 9.86. The second-order valence-corrected chi connectivity index (χ2v) is 6.47. The molecule has 160 valence electrons. The fourth-order valence-electron chi connectivity index (χ4n) is 3.14. The van der Waals surface area contributed by atoms with Gasteiger partial charge in [0.05, 0.1) is 14.2 Å². The van der Waals surface area contributed by atoms with Crippen molar-refractivity contribution in [3.05, 3.63) is 42.5 Å². The molecular weight excluding hydrogens is 405 g/mol. The van der Waals surface area contributed by atoms with Crippen LogP contribution in [-0.4, -0.2) is 38.9 Å². The molecule has 0 unspecified atom stereocenters. The number of amides is 2. The highest BCUT2D eigenvalue weighted by molar-refractivity contribution is 6.13. The van der Waals surface area contributed by atoms with Crippen LogP contribution in [0.5, 0.6) is 17.2 Å². The summed E-state index contributed by atoms with van der Waals surface area (Å²) >= 11 is 0. The highest BCUT2D eigenvalue weighted by Gasteiger charge is 2.38. The van der Waals surface area contributed by atoms with Crippen molar-refractivity contribution in [1.29, 1.82) is 0 Å². The molecule has 1 atom stereocenters. The van der Waals surface area contributed by atoms with E-state index in [2.05, 4.69) is 10.1 Å². The van der Waals surface area contributed by atoms with E-state index in [0.717, 1.165) is 12.1 Å². The second kappa shape index (κ2) is 8.52. The van der Waals surface area contributed by atoms with Crippen LogP contribution in [0.4, 0.5) is 24.5 Å². The Balaban J connectivity index is 1.72. The molecular formula is C20H19F3N2O5. The maximum atomic E-state index is 12.7. The molecule has 0 radical (unpaired) electrons. The molecule has 1 saturated heterocycles. The van der Waals surface area contributed by atoms with Crippen molar-refractivity contribution in [2.24, 2.45) is 5.92 Å². The number of hydrogen-bond donors (Lipinski definition) is 1. The van der Waals surface area contributed by atoms with Gasteiger partial charge in [-0.1, -0.05) is 6.07 Å². The fourth-order valence-corrected chi connectivity index (χ4v) is 3.14. The average Bonchev–Trinajstić information content (AvgIpc) is 3.08. The van der Waals surface area contributed by atoms with Crippen molar-refractivity contribution in [3.8, 4) is 17.2 Å². The molecule has 0 saturated carbocycles. The van der Waals surface area contributed by atoms with E-state index in [4.69, 9.17) is 9.47 Å². The number of carbonyl (C=O) groups excluding carboxylic acids is 2. The molecule has 10 heteroatoms. The SMILES string of the molecule is COc1cc(NC(=O)[C@H]2CCN(c3cccc(OC(F)(F)F)c3)C2=O)cc(OC)c1. The van der Waals surface area contributed by atoms with Crippen LogP contribution in [0, 0.1) is 5.92 Å². The summed E-state index contributed by atoms with van der Waals surface area (Å²) in [7, 11) is 2.94. The zero-order valence-electron chi connectivity index (χ0n) is 16.2. The van der Waals surface area contributed by atoms with Crippen LogP contribution in [-0.2, 0) is 9.59 Å². The van der Waals surface area contributed by atoms with E-state index in [0.29, 0.717) is 17.2 Å². The summed E-state index contributed by atoms with van der Waals surface area (Å²) in [5, 5.41) is 2.66. The predicted octanol–water partition coefficient (Wildman–Crippen LogP) is 3.59. The summed E-state index contributed by atoms with van der Waals surface area (Å²) in [6.07, 6.45) is -4.62. The Morgan fingerprint density at radius 3 is 2.33 bits per heavy atom. The van der Waals surface area contributed by atoms with Gasteiger partial charge in [0.1, 0.15) is 23.2 Å². The zero-order valence-corrected chi connectivity index (χ0v) is 16.2. The lowest BCUT2D eigenvalue weighted by atomic mass is 10.1. The fraction of sp³-hybridized carbons (Fsp3) is 0.300. The van der Waals surface area contributed by atoms with Gasteiger partial charge in [0.15, 0.2) is 0 Å². The Hall–Kier alpha value is -3.43. The summed E-state index contributed by atoms with van der Waals surface area (Å²) in [5.74, 6) is -1.53. The van der Waals surface area contributed by atoms with Crippen LogP contribution in [0.2, 0.25) is 0 Å². The molecule has 1 aliphatic heterocycles. The minimum atomic E-state index is -4.84. The topological polar surface area (TPSA) is 77.1 Å². The number of nitrogens with one attached hydrogen (secondary N) is 1. The van der Waals surface area contributed by atoms with E-state index in [1.165, 1.54) is 31.3 Å². The number of anilines is 2. The molecule has 1 aliphatic rings. The van der Waals surface area contributed by atoms with E-state index in [1.54, 1.807) is 18.2 Å². The molecule has 30 heavy (non-hydrogen) atoms. The quantitative estimate of drug-likeness (QED) is 0.718. The van der Waals surface area contributed by atoms with E-state index in [9.17, 15) is 22.8 Å². The third-order valence-corrected chi connectivity index (χ3v) is 4.50. The molecule has 1 heterocycles. The monoisotopic (exact) mass is 424 g/mol. The van der Waals surface area contributed by atoms with Gasteiger partial charge in [-0.05, 0) is 18.6 Å².